The van der Waals surface area contributed by atoms with Crippen LogP contribution in [0.5, 0.6) is 5.75 Å². The number of ketones is 1. The van der Waals surface area contributed by atoms with Crippen molar-refractivity contribution in [2.75, 3.05) is 0 Å². The quantitative estimate of drug-likeness (QED) is 0.582. The highest BCUT2D eigenvalue weighted by Gasteiger charge is 2.21. The molecule has 0 unspecified atom stereocenters. The topological polar surface area (TPSA) is 114 Å². The Morgan fingerprint density at radius 1 is 1.13 bits per heavy atom. The molecule has 7 nitrogen and oxygen atoms in total. The van der Waals surface area contributed by atoms with Gasteiger partial charge in [0.2, 0.25) is 0 Å². The van der Waals surface area contributed by atoms with Crippen molar-refractivity contribution in [1.29, 1.82) is 5.26 Å². The van der Waals surface area contributed by atoms with Gasteiger partial charge in [-0.15, -0.1) is 0 Å². The van der Waals surface area contributed by atoms with E-state index in [-0.39, 0.29) is 27.8 Å². The number of nitrogens with zero attached hydrogens (tertiary/aromatic N) is 3. The summed E-state index contributed by atoms with van der Waals surface area (Å²) in [6.45, 7) is 0. The standard InChI is InChI=1S/C16H9N3O4/c17-9-14-15(18-23-19(14)22)10-1-3-11(4-2-10)16(21)12-5-7-13(20)8-6-12/h1-8,20H. The summed E-state index contributed by atoms with van der Waals surface area (Å²) in [6, 6.07) is 13.9. The fraction of sp³-hybridized carbons (Fsp3) is 0. The minimum absolute atomic E-state index is 0.0326. The fourth-order valence-electron chi connectivity index (χ4n) is 2.09. The van der Waals surface area contributed by atoms with Crippen LogP contribution in [0.1, 0.15) is 21.6 Å². The first kappa shape index (κ1) is 14.3. The highest BCUT2D eigenvalue weighted by molar-refractivity contribution is 6.09. The zero-order valence-corrected chi connectivity index (χ0v) is 11.6. The van der Waals surface area contributed by atoms with Crippen LogP contribution in [0.25, 0.3) is 11.3 Å². The van der Waals surface area contributed by atoms with Gasteiger partial charge in [0.25, 0.3) is 5.69 Å². The lowest BCUT2D eigenvalue weighted by molar-refractivity contribution is -0.804. The maximum Gasteiger partial charge on any atom is 0.302 e. The van der Waals surface area contributed by atoms with Crippen LogP contribution in [0.3, 0.4) is 0 Å². The molecular formula is C16H9N3O4. The van der Waals surface area contributed by atoms with Gasteiger partial charge in [-0.25, -0.2) is 0 Å². The van der Waals surface area contributed by atoms with Crippen molar-refractivity contribution in [3.05, 3.63) is 70.6 Å². The largest absolute Gasteiger partial charge is 0.508 e. The number of carbonyl (C=O) groups excluding carboxylic acids is 1. The third-order valence-electron chi connectivity index (χ3n) is 3.27. The van der Waals surface area contributed by atoms with E-state index in [9.17, 15) is 15.1 Å². The third-order valence-corrected chi connectivity index (χ3v) is 3.27. The first-order valence-electron chi connectivity index (χ1n) is 6.54. The molecule has 0 fully saturated rings. The lowest BCUT2D eigenvalue weighted by atomic mass is 10.0. The molecule has 3 aromatic rings. The van der Waals surface area contributed by atoms with Crippen LogP contribution in [0.4, 0.5) is 0 Å². The van der Waals surface area contributed by atoms with Gasteiger partial charge in [0.1, 0.15) is 5.75 Å². The van der Waals surface area contributed by atoms with Gasteiger partial charge in [-0.1, -0.05) is 12.1 Å². The van der Waals surface area contributed by atoms with Crippen LogP contribution in [0.2, 0.25) is 0 Å². The number of phenols is 1. The number of nitriles is 1. The lowest BCUT2D eigenvalue weighted by Crippen LogP contribution is -2.26. The zero-order valence-electron chi connectivity index (χ0n) is 11.6. The van der Waals surface area contributed by atoms with E-state index in [2.05, 4.69) is 9.79 Å². The summed E-state index contributed by atoms with van der Waals surface area (Å²) in [4.78, 5) is 12.3. The van der Waals surface area contributed by atoms with Gasteiger partial charge >= 0.3 is 5.69 Å². The minimum atomic E-state index is -0.248. The number of aromatic nitrogens is 2. The molecule has 0 aliphatic carbocycles. The Labute approximate surface area is 130 Å². The van der Waals surface area contributed by atoms with E-state index in [0.29, 0.717) is 16.7 Å². The van der Waals surface area contributed by atoms with Crippen molar-refractivity contribution in [1.82, 2.24) is 5.16 Å². The number of carbonyl (C=O) groups is 1. The van der Waals surface area contributed by atoms with Gasteiger partial charge in [-0.3, -0.25) is 9.42 Å². The summed E-state index contributed by atoms with van der Waals surface area (Å²) in [7, 11) is 0. The van der Waals surface area contributed by atoms with Crippen molar-refractivity contribution in [2.24, 2.45) is 0 Å². The van der Waals surface area contributed by atoms with Gasteiger partial charge in [0, 0.05) is 21.8 Å². The Kier molecular flexibility index (Phi) is 3.49. The summed E-state index contributed by atoms with van der Waals surface area (Å²) in [5.74, 6) is -0.131. The molecule has 3 rings (SSSR count). The van der Waals surface area contributed by atoms with Gasteiger partial charge in [-0.05, 0) is 41.3 Å². The molecule has 1 N–H and O–H groups in total. The molecule has 0 atom stereocenters. The second-order valence-corrected chi connectivity index (χ2v) is 4.69. The lowest BCUT2D eigenvalue weighted by Gasteiger charge is -2.02. The molecule has 1 aromatic heterocycles. The molecule has 112 valence electrons. The Morgan fingerprint density at radius 2 is 1.70 bits per heavy atom. The smallest absolute Gasteiger partial charge is 0.302 e. The Balaban J connectivity index is 1.92. The number of benzene rings is 2. The number of rotatable bonds is 3. The summed E-state index contributed by atoms with van der Waals surface area (Å²) >= 11 is 0. The Bertz CT molecular complexity index is 906. The van der Waals surface area contributed by atoms with Crippen LogP contribution in [-0.2, 0) is 0 Å². The SMILES string of the molecule is N#Cc1c(-c2ccc(C(=O)c3ccc(O)cc3)cc2)no[n+]1[O-]. The predicted molar refractivity (Wildman–Crippen MR) is 77.2 cm³/mol. The number of phenolic OH excluding ortho intramolecular Hbond substituents is 1. The molecule has 0 saturated heterocycles. The maximum atomic E-state index is 12.3. The van der Waals surface area contributed by atoms with Crippen molar-refractivity contribution in [3.8, 4) is 23.1 Å². The van der Waals surface area contributed by atoms with E-state index < -0.39 is 0 Å². The van der Waals surface area contributed by atoms with Crippen LogP contribution >= 0.6 is 0 Å². The highest BCUT2D eigenvalue weighted by Crippen LogP contribution is 2.21. The molecule has 23 heavy (non-hydrogen) atoms. The monoisotopic (exact) mass is 307 g/mol. The number of aromatic hydroxyl groups is 1. The van der Waals surface area contributed by atoms with Crippen LogP contribution in [0.15, 0.2) is 53.2 Å². The van der Waals surface area contributed by atoms with E-state index >= 15 is 0 Å². The summed E-state index contributed by atoms with van der Waals surface area (Å²) in [6.07, 6.45) is 0. The molecule has 1 heterocycles. The normalized spacial score (nSPS) is 10.2. The minimum Gasteiger partial charge on any atom is -0.508 e. The highest BCUT2D eigenvalue weighted by atomic mass is 16.8. The van der Waals surface area contributed by atoms with Crippen LogP contribution < -0.4 is 4.90 Å². The van der Waals surface area contributed by atoms with E-state index in [1.54, 1.807) is 30.3 Å². The summed E-state index contributed by atoms with van der Waals surface area (Å²) in [5.41, 5.74) is 1.22. The molecule has 0 spiro atoms. The van der Waals surface area contributed by atoms with Crippen LogP contribution in [-0.4, -0.2) is 16.0 Å². The van der Waals surface area contributed by atoms with Crippen molar-refractivity contribution in [3.63, 3.8) is 0 Å². The van der Waals surface area contributed by atoms with Gasteiger partial charge < -0.3 is 10.3 Å². The Hall–Kier alpha value is -3.66. The maximum absolute atomic E-state index is 12.3. The molecule has 0 saturated carbocycles. The zero-order chi connectivity index (χ0) is 16.4. The van der Waals surface area contributed by atoms with Crippen molar-refractivity contribution in [2.45, 2.75) is 0 Å². The van der Waals surface area contributed by atoms with Gasteiger partial charge in [0.05, 0.1) is 0 Å². The number of hydrogen-bond donors (Lipinski definition) is 1. The van der Waals surface area contributed by atoms with Crippen molar-refractivity contribution < 1.29 is 19.4 Å². The molecular weight excluding hydrogens is 298 g/mol. The predicted octanol–water partition coefficient (Wildman–Crippen LogP) is 1.78. The van der Waals surface area contributed by atoms with Crippen molar-refractivity contribution >= 4 is 5.78 Å². The molecule has 0 aliphatic rings. The third kappa shape index (κ3) is 2.61. The molecule has 2 aromatic carbocycles. The molecule has 0 aliphatic heterocycles. The van der Waals surface area contributed by atoms with E-state index in [4.69, 9.17) is 5.26 Å². The first-order valence-corrected chi connectivity index (χ1v) is 6.54. The van der Waals surface area contributed by atoms with Crippen LogP contribution in [0, 0.1) is 16.5 Å². The average Bonchev–Trinajstić information content (AvgIpc) is 2.96. The van der Waals surface area contributed by atoms with E-state index in [1.165, 1.54) is 24.3 Å². The molecule has 0 bridgehead atoms. The second kappa shape index (κ2) is 5.61. The molecule has 0 radical (unpaired) electrons. The van der Waals surface area contributed by atoms with E-state index in [0.717, 1.165) is 0 Å². The number of hydrogen-bond acceptors (Lipinski definition) is 6. The fourth-order valence-corrected chi connectivity index (χ4v) is 2.09. The summed E-state index contributed by atoms with van der Waals surface area (Å²) in [5, 5.41) is 32.9. The first-order chi connectivity index (χ1) is 11.1. The average molecular weight is 307 g/mol. The molecule has 7 heteroatoms. The second-order valence-electron chi connectivity index (χ2n) is 4.69. The summed E-state index contributed by atoms with van der Waals surface area (Å²) < 4.78 is 4.40. The Morgan fingerprint density at radius 3 is 2.26 bits per heavy atom. The molecule has 0 amide bonds. The van der Waals surface area contributed by atoms with Gasteiger partial charge in [-0.2, -0.15) is 5.26 Å². The van der Waals surface area contributed by atoms with E-state index in [1.807, 2.05) is 0 Å². The van der Waals surface area contributed by atoms with Gasteiger partial charge in [0.15, 0.2) is 11.9 Å².